The van der Waals surface area contributed by atoms with Gasteiger partial charge in [0.1, 0.15) is 16.6 Å². The van der Waals surface area contributed by atoms with Gasteiger partial charge in [-0.2, -0.15) is 0 Å². The number of nitrogens with zero attached hydrogens (tertiary/aromatic N) is 1. The fourth-order valence-corrected chi connectivity index (χ4v) is 2.98. The third-order valence-corrected chi connectivity index (χ3v) is 4.08. The average molecular weight is 264 g/mol. The smallest absolute Gasteiger partial charge is 0.152 e. The molecule has 0 amide bonds. The molecule has 0 radical (unpaired) electrons. The molecule has 2 atom stereocenters. The van der Waals surface area contributed by atoms with Gasteiger partial charge in [-0.05, 0) is 25.1 Å². The summed E-state index contributed by atoms with van der Waals surface area (Å²) in [5.74, 6) is 0.379. The third kappa shape index (κ3) is 2.00. The van der Waals surface area contributed by atoms with Gasteiger partial charge < -0.3 is 10.5 Å². The van der Waals surface area contributed by atoms with E-state index in [1.54, 1.807) is 17.4 Å². The van der Waals surface area contributed by atoms with E-state index < -0.39 is 0 Å². The molecule has 3 nitrogen and oxygen atoms in total. The normalized spacial score (nSPS) is 22.4. The van der Waals surface area contributed by atoms with Gasteiger partial charge in [0.05, 0.1) is 0 Å². The molecule has 1 aromatic carbocycles. The Balaban J connectivity index is 1.94. The predicted octanol–water partition coefficient (Wildman–Crippen LogP) is 3.11. The molecular formula is C13H13FN2OS. The molecule has 0 aliphatic carbocycles. The van der Waals surface area contributed by atoms with Gasteiger partial charge in [0.25, 0.3) is 0 Å². The van der Waals surface area contributed by atoms with Crippen LogP contribution in [-0.2, 0) is 0 Å². The molecule has 2 N–H and O–H groups in total. The standard InChI is InChI=1S/C13H13FN2OS/c1-7-6-18-13(16-7)12-5-10(15)9-4-8(14)2-3-11(9)17-12/h2-4,6,10,12H,5,15H2,1H3. The number of rotatable bonds is 1. The molecule has 3 rings (SSSR count). The Hall–Kier alpha value is -1.46. The number of halogens is 1. The number of fused-ring (bicyclic) bond motifs is 1. The lowest BCUT2D eigenvalue weighted by molar-refractivity contribution is 0.160. The summed E-state index contributed by atoms with van der Waals surface area (Å²) in [6.45, 7) is 1.95. The van der Waals surface area contributed by atoms with Crippen LogP contribution in [-0.4, -0.2) is 4.98 Å². The van der Waals surface area contributed by atoms with Crippen LogP contribution in [0, 0.1) is 12.7 Å². The van der Waals surface area contributed by atoms with E-state index in [0.29, 0.717) is 12.2 Å². The molecule has 18 heavy (non-hydrogen) atoms. The summed E-state index contributed by atoms with van der Waals surface area (Å²) in [7, 11) is 0. The van der Waals surface area contributed by atoms with Crippen LogP contribution in [0.1, 0.15) is 34.8 Å². The minimum Gasteiger partial charge on any atom is -0.483 e. The molecule has 0 saturated heterocycles. The van der Waals surface area contributed by atoms with E-state index in [-0.39, 0.29) is 18.0 Å². The van der Waals surface area contributed by atoms with E-state index in [1.165, 1.54) is 12.1 Å². The second-order valence-electron chi connectivity index (χ2n) is 4.46. The topological polar surface area (TPSA) is 48.1 Å². The minimum atomic E-state index is -0.281. The number of ether oxygens (including phenoxy) is 1. The van der Waals surface area contributed by atoms with Crippen molar-refractivity contribution < 1.29 is 9.13 Å². The van der Waals surface area contributed by atoms with Crippen LogP contribution in [0.15, 0.2) is 23.6 Å². The van der Waals surface area contributed by atoms with Crippen molar-refractivity contribution in [3.63, 3.8) is 0 Å². The lowest BCUT2D eigenvalue weighted by Crippen LogP contribution is -2.24. The van der Waals surface area contributed by atoms with E-state index in [0.717, 1.165) is 16.3 Å². The van der Waals surface area contributed by atoms with Gasteiger partial charge in [-0.1, -0.05) is 0 Å². The van der Waals surface area contributed by atoms with Crippen molar-refractivity contribution in [2.75, 3.05) is 0 Å². The Morgan fingerprint density at radius 1 is 1.50 bits per heavy atom. The number of hydrogen-bond donors (Lipinski definition) is 1. The summed E-state index contributed by atoms with van der Waals surface area (Å²) in [5.41, 5.74) is 7.80. The van der Waals surface area contributed by atoms with Crippen LogP contribution < -0.4 is 10.5 Å². The summed E-state index contributed by atoms with van der Waals surface area (Å²) >= 11 is 1.57. The Morgan fingerprint density at radius 3 is 3.06 bits per heavy atom. The van der Waals surface area contributed by atoms with E-state index in [1.807, 2.05) is 12.3 Å². The molecule has 0 spiro atoms. The lowest BCUT2D eigenvalue weighted by atomic mass is 9.97. The summed E-state index contributed by atoms with van der Waals surface area (Å²) in [6, 6.07) is 4.26. The molecule has 2 aromatic rings. The average Bonchev–Trinajstić information content (AvgIpc) is 2.77. The highest BCUT2D eigenvalue weighted by molar-refractivity contribution is 7.09. The quantitative estimate of drug-likeness (QED) is 0.861. The second kappa shape index (κ2) is 4.33. The van der Waals surface area contributed by atoms with Crippen molar-refractivity contribution in [1.82, 2.24) is 4.98 Å². The van der Waals surface area contributed by atoms with Crippen LogP contribution >= 0.6 is 11.3 Å². The first-order chi connectivity index (χ1) is 8.63. The fourth-order valence-electron chi connectivity index (χ4n) is 2.15. The maximum absolute atomic E-state index is 13.2. The molecule has 5 heteroatoms. The number of aryl methyl sites for hydroxylation is 1. The van der Waals surface area contributed by atoms with Crippen molar-refractivity contribution in [2.45, 2.75) is 25.5 Å². The van der Waals surface area contributed by atoms with Gasteiger partial charge in [0.15, 0.2) is 6.10 Å². The minimum absolute atomic E-state index is 0.128. The van der Waals surface area contributed by atoms with Gasteiger partial charge in [0, 0.05) is 29.1 Å². The van der Waals surface area contributed by atoms with Crippen LogP contribution in [0.2, 0.25) is 0 Å². The summed E-state index contributed by atoms with van der Waals surface area (Å²) in [4.78, 5) is 4.42. The molecule has 1 aliphatic heterocycles. The van der Waals surface area contributed by atoms with Crippen molar-refractivity contribution in [3.05, 3.63) is 45.7 Å². The van der Waals surface area contributed by atoms with E-state index in [4.69, 9.17) is 10.5 Å². The van der Waals surface area contributed by atoms with E-state index >= 15 is 0 Å². The molecule has 94 valence electrons. The molecular weight excluding hydrogens is 251 g/mol. The number of thiazole rings is 1. The van der Waals surface area contributed by atoms with Crippen molar-refractivity contribution in [1.29, 1.82) is 0 Å². The van der Waals surface area contributed by atoms with Crippen LogP contribution in [0.3, 0.4) is 0 Å². The Kier molecular flexibility index (Phi) is 2.80. The number of aromatic nitrogens is 1. The first-order valence-electron chi connectivity index (χ1n) is 5.77. The zero-order valence-corrected chi connectivity index (χ0v) is 10.7. The molecule has 0 bridgehead atoms. The largest absolute Gasteiger partial charge is 0.483 e. The van der Waals surface area contributed by atoms with Crippen molar-refractivity contribution >= 4 is 11.3 Å². The van der Waals surface area contributed by atoms with E-state index in [9.17, 15) is 4.39 Å². The molecule has 1 aliphatic rings. The van der Waals surface area contributed by atoms with E-state index in [2.05, 4.69) is 4.98 Å². The Labute approximate surface area is 108 Å². The summed E-state index contributed by atoms with van der Waals surface area (Å²) in [6.07, 6.45) is 0.500. The van der Waals surface area contributed by atoms with Crippen LogP contribution in [0.4, 0.5) is 4.39 Å². The lowest BCUT2D eigenvalue weighted by Gasteiger charge is -2.29. The van der Waals surface area contributed by atoms with Gasteiger partial charge in [0.2, 0.25) is 0 Å². The molecule has 0 fully saturated rings. The number of benzene rings is 1. The third-order valence-electron chi connectivity index (χ3n) is 3.02. The maximum atomic E-state index is 13.2. The maximum Gasteiger partial charge on any atom is 0.152 e. The Morgan fingerprint density at radius 2 is 2.33 bits per heavy atom. The second-order valence-corrected chi connectivity index (χ2v) is 5.35. The van der Waals surface area contributed by atoms with Gasteiger partial charge in [-0.3, -0.25) is 0 Å². The van der Waals surface area contributed by atoms with Crippen LogP contribution in [0.5, 0.6) is 5.75 Å². The SMILES string of the molecule is Cc1csc(C2CC(N)c3cc(F)ccc3O2)n1. The molecule has 0 saturated carbocycles. The van der Waals surface area contributed by atoms with Crippen LogP contribution in [0.25, 0.3) is 0 Å². The fraction of sp³-hybridized carbons (Fsp3) is 0.308. The Bertz CT molecular complexity index is 584. The number of nitrogens with two attached hydrogens (primary N) is 1. The first kappa shape index (κ1) is 11.6. The van der Waals surface area contributed by atoms with Crippen molar-refractivity contribution in [2.24, 2.45) is 5.73 Å². The van der Waals surface area contributed by atoms with Gasteiger partial charge in [-0.15, -0.1) is 11.3 Å². The zero-order chi connectivity index (χ0) is 12.7. The van der Waals surface area contributed by atoms with Crippen molar-refractivity contribution in [3.8, 4) is 5.75 Å². The highest BCUT2D eigenvalue weighted by Crippen LogP contribution is 2.40. The summed E-state index contributed by atoms with van der Waals surface area (Å²) < 4.78 is 19.0. The highest BCUT2D eigenvalue weighted by Gasteiger charge is 2.29. The monoisotopic (exact) mass is 264 g/mol. The molecule has 1 aromatic heterocycles. The van der Waals surface area contributed by atoms with Gasteiger partial charge in [-0.25, -0.2) is 9.37 Å². The molecule has 2 heterocycles. The highest BCUT2D eigenvalue weighted by atomic mass is 32.1. The summed E-state index contributed by atoms with van der Waals surface area (Å²) in [5, 5.41) is 2.92. The molecule has 2 unspecified atom stereocenters. The predicted molar refractivity (Wildman–Crippen MR) is 68.2 cm³/mol. The first-order valence-corrected chi connectivity index (χ1v) is 6.65. The zero-order valence-electron chi connectivity index (χ0n) is 9.89. The number of hydrogen-bond acceptors (Lipinski definition) is 4. The van der Waals surface area contributed by atoms with Gasteiger partial charge >= 0.3 is 0 Å².